The molecule has 2 unspecified atom stereocenters. The van der Waals surface area contributed by atoms with Crippen molar-refractivity contribution in [3.8, 4) is 0 Å². The summed E-state index contributed by atoms with van der Waals surface area (Å²) in [7, 11) is 0. The molecule has 0 radical (unpaired) electrons. The Hall–Kier alpha value is -3.96. The largest absolute Gasteiger partial charge is 0.481 e. The maximum Gasteiger partial charge on any atom is 0.415 e. The minimum Gasteiger partial charge on any atom is -0.481 e. The molecule has 0 saturated carbocycles. The standard InChI is InChI=1S/C29H42N4O8/c1-6-7-8-23(27(38)33-15-13-20(14-16-33)17-24(35)36)29(4,5)32-26(37)22-11-9-21(10-12-22)25(30)31-28(39)41-19(3)40-18(2)34/h9-12,19-20,23H,6-8,13-17H2,1-5H3,(H,32,37)(H,35,36)(H2,30,31,39). The molecule has 3 amide bonds. The summed E-state index contributed by atoms with van der Waals surface area (Å²) in [4.78, 5) is 62.5. The first-order valence-electron chi connectivity index (χ1n) is 13.9. The third-order valence-corrected chi connectivity index (χ3v) is 7.11. The third-order valence-electron chi connectivity index (χ3n) is 7.11. The Bertz CT molecular complexity index is 1110. The maximum absolute atomic E-state index is 13.6. The molecule has 1 aromatic carbocycles. The highest BCUT2D eigenvalue weighted by Gasteiger charge is 2.39. The molecule has 41 heavy (non-hydrogen) atoms. The number of alkyl carbamates (subject to hydrolysis) is 1. The first kappa shape index (κ1) is 33.2. The van der Waals surface area contributed by atoms with E-state index in [-0.39, 0.29) is 30.0 Å². The number of benzene rings is 1. The van der Waals surface area contributed by atoms with Gasteiger partial charge in [0, 0.05) is 50.0 Å². The van der Waals surface area contributed by atoms with Crippen molar-refractivity contribution in [3.63, 3.8) is 0 Å². The van der Waals surface area contributed by atoms with Gasteiger partial charge in [0.15, 0.2) is 0 Å². The van der Waals surface area contributed by atoms with E-state index in [9.17, 15) is 24.0 Å². The minimum atomic E-state index is -1.12. The number of hydrogen-bond acceptors (Lipinski definition) is 8. The molecule has 0 aromatic heterocycles. The predicted octanol–water partition coefficient (Wildman–Crippen LogP) is 3.68. The zero-order chi connectivity index (χ0) is 30.7. The quantitative estimate of drug-likeness (QED) is 0.126. The van der Waals surface area contributed by atoms with Crippen LogP contribution in [0.1, 0.15) is 89.1 Å². The van der Waals surface area contributed by atoms with Crippen molar-refractivity contribution in [2.45, 2.75) is 85.0 Å². The van der Waals surface area contributed by atoms with Crippen LogP contribution in [0.3, 0.4) is 0 Å². The zero-order valence-electron chi connectivity index (χ0n) is 24.5. The number of amides is 3. The van der Waals surface area contributed by atoms with Crippen LogP contribution >= 0.6 is 0 Å². The van der Waals surface area contributed by atoms with E-state index in [2.05, 4.69) is 10.6 Å². The molecule has 4 N–H and O–H groups in total. The number of carbonyl (C=O) groups excluding carboxylic acids is 4. The normalized spacial score (nSPS) is 15.3. The van der Waals surface area contributed by atoms with Crippen LogP contribution in [0.5, 0.6) is 0 Å². The van der Waals surface area contributed by atoms with E-state index >= 15 is 0 Å². The lowest BCUT2D eigenvalue weighted by atomic mass is 9.81. The lowest BCUT2D eigenvalue weighted by molar-refractivity contribution is -0.161. The smallest absolute Gasteiger partial charge is 0.415 e. The summed E-state index contributed by atoms with van der Waals surface area (Å²) in [5, 5.41) is 22.4. The summed E-state index contributed by atoms with van der Waals surface area (Å²) in [6, 6.07) is 6.03. The molecule has 0 aliphatic carbocycles. The highest BCUT2D eigenvalue weighted by Crippen LogP contribution is 2.29. The van der Waals surface area contributed by atoms with E-state index in [1.54, 1.807) is 4.90 Å². The second-order valence-electron chi connectivity index (χ2n) is 10.9. The Morgan fingerprint density at radius 1 is 1.07 bits per heavy atom. The van der Waals surface area contributed by atoms with E-state index in [4.69, 9.17) is 20.0 Å². The van der Waals surface area contributed by atoms with E-state index < -0.39 is 35.8 Å². The van der Waals surface area contributed by atoms with E-state index in [1.807, 2.05) is 20.8 Å². The van der Waals surface area contributed by atoms with Crippen molar-refractivity contribution < 1.29 is 38.6 Å². The summed E-state index contributed by atoms with van der Waals surface area (Å²) < 4.78 is 9.57. The van der Waals surface area contributed by atoms with Crippen molar-refractivity contribution in [3.05, 3.63) is 35.4 Å². The molecule has 0 spiro atoms. The molecule has 0 bridgehead atoms. The van der Waals surface area contributed by atoms with Gasteiger partial charge in [-0.05, 0) is 51.2 Å². The second-order valence-corrected chi connectivity index (χ2v) is 10.9. The summed E-state index contributed by atoms with van der Waals surface area (Å²) in [5.41, 5.74) is -0.228. The first-order chi connectivity index (χ1) is 19.2. The fourth-order valence-corrected chi connectivity index (χ4v) is 4.88. The number of aliphatic carboxylic acids is 1. The molecular weight excluding hydrogens is 532 g/mol. The number of nitrogens with zero attached hydrogens (tertiary/aromatic N) is 1. The number of rotatable bonds is 12. The number of carboxylic acids is 1. The molecule has 2 atom stereocenters. The van der Waals surface area contributed by atoms with E-state index in [0.29, 0.717) is 43.5 Å². The minimum absolute atomic E-state index is 0.0395. The van der Waals surface area contributed by atoms with Crippen LogP contribution in [0.15, 0.2) is 24.3 Å². The predicted molar refractivity (Wildman–Crippen MR) is 150 cm³/mol. The highest BCUT2D eigenvalue weighted by molar-refractivity contribution is 6.05. The molecule has 1 aliphatic rings. The number of carbonyl (C=O) groups is 5. The number of amidine groups is 1. The Kier molecular flexibility index (Phi) is 12.3. The number of ether oxygens (including phenoxy) is 2. The molecule has 226 valence electrons. The zero-order valence-corrected chi connectivity index (χ0v) is 24.5. The van der Waals surface area contributed by atoms with Crippen LogP contribution < -0.4 is 10.6 Å². The van der Waals surface area contributed by atoms with Crippen molar-refractivity contribution in [2.24, 2.45) is 11.8 Å². The van der Waals surface area contributed by atoms with Gasteiger partial charge in [-0.3, -0.25) is 29.9 Å². The molecule has 1 heterocycles. The number of likely N-dealkylation sites (tertiary alicyclic amines) is 1. The molecule has 2 rings (SSSR count). The van der Waals surface area contributed by atoms with Gasteiger partial charge in [-0.15, -0.1) is 0 Å². The van der Waals surface area contributed by atoms with Gasteiger partial charge < -0.3 is 24.8 Å². The maximum atomic E-state index is 13.6. The van der Waals surface area contributed by atoms with Crippen molar-refractivity contribution in [2.75, 3.05) is 13.1 Å². The van der Waals surface area contributed by atoms with Crippen LogP contribution in [0, 0.1) is 17.2 Å². The molecular formula is C29H42N4O8. The Morgan fingerprint density at radius 2 is 1.66 bits per heavy atom. The average Bonchev–Trinajstić information content (AvgIpc) is 2.87. The fraction of sp³-hybridized carbons (Fsp3) is 0.586. The van der Waals surface area contributed by atoms with Gasteiger partial charge in [-0.1, -0.05) is 31.9 Å². The molecule has 12 nitrogen and oxygen atoms in total. The lowest BCUT2D eigenvalue weighted by Gasteiger charge is -2.40. The number of unbranched alkanes of at least 4 members (excludes halogenated alkanes) is 1. The van der Waals surface area contributed by atoms with Crippen LogP contribution in [0.2, 0.25) is 0 Å². The van der Waals surface area contributed by atoms with Gasteiger partial charge in [0.2, 0.25) is 12.2 Å². The van der Waals surface area contributed by atoms with Gasteiger partial charge in [0.25, 0.3) is 5.91 Å². The first-order valence-corrected chi connectivity index (χ1v) is 13.9. The Labute approximate surface area is 240 Å². The van der Waals surface area contributed by atoms with Gasteiger partial charge in [0.05, 0.1) is 5.92 Å². The monoisotopic (exact) mass is 574 g/mol. The fourth-order valence-electron chi connectivity index (χ4n) is 4.88. The topological polar surface area (TPSA) is 175 Å². The Morgan fingerprint density at radius 3 is 2.20 bits per heavy atom. The summed E-state index contributed by atoms with van der Waals surface area (Å²) in [5.74, 6) is -2.53. The van der Waals surface area contributed by atoms with Gasteiger partial charge in [0.1, 0.15) is 5.84 Å². The third kappa shape index (κ3) is 10.5. The molecule has 1 aromatic rings. The van der Waals surface area contributed by atoms with E-state index in [1.165, 1.54) is 38.1 Å². The summed E-state index contributed by atoms with van der Waals surface area (Å²) in [6.45, 7) is 9.25. The molecule has 1 saturated heterocycles. The lowest BCUT2D eigenvalue weighted by Crippen LogP contribution is -2.55. The van der Waals surface area contributed by atoms with Crippen molar-refractivity contribution >= 4 is 35.7 Å². The van der Waals surface area contributed by atoms with Gasteiger partial charge in [-0.2, -0.15) is 0 Å². The van der Waals surface area contributed by atoms with Gasteiger partial charge >= 0.3 is 18.0 Å². The number of nitrogens with one attached hydrogen (secondary N) is 3. The van der Waals surface area contributed by atoms with Crippen molar-refractivity contribution in [1.29, 1.82) is 5.41 Å². The number of piperidine rings is 1. The second kappa shape index (κ2) is 15.2. The number of hydrogen-bond donors (Lipinski definition) is 4. The summed E-state index contributed by atoms with van der Waals surface area (Å²) >= 11 is 0. The highest BCUT2D eigenvalue weighted by atomic mass is 16.7. The van der Waals surface area contributed by atoms with Crippen LogP contribution in [-0.2, 0) is 23.9 Å². The van der Waals surface area contributed by atoms with E-state index in [0.717, 1.165) is 12.8 Å². The molecule has 1 fully saturated rings. The van der Waals surface area contributed by atoms with Crippen LogP contribution in [-0.4, -0.2) is 70.6 Å². The Balaban J connectivity index is 2.03. The number of carboxylic acid groups (broad SMARTS) is 1. The van der Waals surface area contributed by atoms with Crippen molar-refractivity contribution in [1.82, 2.24) is 15.5 Å². The SMILES string of the molecule is CCCCC(C(=O)N1CCC(CC(=O)O)CC1)C(C)(C)NC(=O)c1ccc(C(=N)NC(=O)OC(C)OC(C)=O)cc1. The summed E-state index contributed by atoms with van der Waals surface area (Å²) in [6.07, 6.45) is 1.62. The average molecular weight is 575 g/mol. The molecule has 1 aliphatic heterocycles. The van der Waals surface area contributed by atoms with Gasteiger partial charge in [-0.25, -0.2) is 4.79 Å². The molecule has 12 heteroatoms. The van der Waals surface area contributed by atoms with Crippen LogP contribution in [0.4, 0.5) is 4.79 Å². The number of esters is 1. The van der Waals surface area contributed by atoms with Crippen LogP contribution in [0.25, 0.3) is 0 Å².